The van der Waals surface area contributed by atoms with Gasteiger partial charge in [0.25, 0.3) is 0 Å². The van der Waals surface area contributed by atoms with Gasteiger partial charge in [-0.3, -0.25) is 0 Å². The summed E-state index contributed by atoms with van der Waals surface area (Å²) in [4.78, 5) is 4.25. The van der Waals surface area contributed by atoms with Crippen molar-refractivity contribution < 1.29 is 4.39 Å². The van der Waals surface area contributed by atoms with Crippen LogP contribution in [0.3, 0.4) is 0 Å². The predicted molar refractivity (Wildman–Crippen MR) is 74.4 cm³/mol. The number of nitrogens with zero attached hydrogens (tertiary/aromatic N) is 2. The van der Waals surface area contributed by atoms with E-state index >= 15 is 0 Å². The fraction of sp³-hybridized carbons (Fsp3) is 0.133. The summed E-state index contributed by atoms with van der Waals surface area (Å²) in [5.41, 5.74) is 9.70. The number of anilines is 1. The second-order valence-corrected chi connectivity index (χ2v) is 4.62. The van der Waals surface area contributed by atoms with E-state index in [0.29, 0.717) is 18.0 Å². The number of aryl methyl sites for hydroxylation is 1. The molecule has 0 spiro atoms. The number of hydrogen-bond donors (Lipinski definition) is 1. The van der Waals surface area contributed by atoms with E-state index in [1.807, 2.05) is 35.8 Å². The van der Waals surface area contributed by atoms with E-state index in [0.717, 1.165) is 11.1 Å². The van der Waals surface area contributed by atoms with Crippen LogP contribution in [0.5, 0.6) is 0 Å². The molecule has 1 heterocycles. The van der Waals surface area contributed by atoms with Crippen molar-refractivity contribution in [3.63, 3.8) is 0 Å². The average molecular weight is 255 g/mol. The lowest BCUT2D eigenvalue weighted by Gasteiger charge is -2.09. The lowest BCUT2D eigenvalue weighted by atomic mass is 10.1. The second kappa shape index (κ2) is 4.39. The normalized spacial score (nSPS) is 11.1. The smallest absolute Gasteiger partial charge is 0.201 e. The van der Waals surface area contributed by atoms with Gasteiger partial charge in [-0.1, -0.05) is 24.3 Å². The highest BCUT2D eigenvalue weighted by molar-refractivity contribution is 5.78. The highest BCUT2D eigenvalue weighted by atomic mass is 19.1. The summed E-state index contributed by atoms with van der Waals surface area (Å²) in [6.45, 7) is 2.64. The van der Waals surface area contributed by atoms with Crippen molar-refractivity contribution in [1.29, 1.82) is 0 Å². The van der Waals surface area contributed by atoms with E-state index in [2.05, 4.69) is 4.98 Å². The summed E-state index contributed by atoms with van der Waals surface area (Å²) in [5, 5.41) is 0. The van der Waals surface area contributed by atoms with Gasteiger partial charge >= 0.3 is 0 Å². The molecule has 0 saturated carbocycles. The maximum Gasteiger partial charge on any atom is 0.201 e. The molecule has 2 aromatic carbocycles. The second-order valence-electron chi connectivity index (χ2n) is 4.62. The Bertz CT molecular complexity index is 746. The van der Waals surface area contributed by atoms with Crippen molar-refractivity contribution in [2.45, 2.75) is 13.5 Å². The Kier molecular flexibility index (Phi) is 2.71. The van der Waals surface area contributed by atoms with E-state index < -0.39 is 0 Å². The Balaban J connectivity index is 2.12. The van der Waals surface area contributed by atoms with Crippen molar-refractivity contribution in [1.82, 2.24) is 9.55 Å². The number of rotatable bonds is 2. The molecule has 0 radical (unpaired) electrons. The highest BCUT2D eigenvalue weighted by Gasteiger charge is 2.10. The van der Waals surface area contributed by atoms with Crippen LogP contribution in [-0.2, 0) is 6.54 Å². The third-order valence-corrected chi connectivity index (χ3v) is 3.33. The fourth-order valence-corrected chi connectivity index (χ4v) is 2.24. The molecular formula is C15H14FN3. The van der Waals surface area contributed by atoms with Gasteiger partial charge in [-0.05, 0) is 36.2 Å². The number of halogens is 1. The molecule has 0 bridgehead atoms. The summed E-state index contributed by atoms with van der Waals surface area (Å²) in [6, 6.07) is 12.6. The number of aromatic nitrogens is 2. The van der Waals surface area contributed by atoms with Gasteiger partial charge in [0.05, 0.1) is 17.6 Å². The molecule has 3 aromatic rings. The van der Waals surface area contributed by atoms with Crippen molar-refractivity contribution in [2.75, 3.05) is 5.73 Å². The number of benzene rings is 2. The van der Waals surface area contributed by atoms with Crippen molar-refractivity contribution >= 4 is 17.0 Å². The molecule has 0 aliphatic heterocycles. The predicted octanol–water partition coefficient (Wildman–Crippen LogP) is 3.11. The summed E-state index contributed by atoms with van der Waals surface area (Å²) < 4.78 is 15.2. The van der Waals surface area contributed by atoms with E-state index in [1.165, 1.54) is 17.7 Å². The minimum absolute atomic E-state index is 0.279. The molecule has 0 saturated heterocycles. The van der Waals surface area contributed by atoms with Gasteiger partial charge in [-0.15, -0.1) is 0 Å². The quantitative estimate of drug-likeness (QED) is 0.764. The molecule has 0 fully saturated rings. The van der Waals surface area contributed by atoms with Crippen molar-refractivity contribution in [3.05, 3.63) is 59.4 Å². The zero-order valence-electron chi connectivity index (χ0n) is 10.6. The van der Waals surface area contributed by atoms with Crippen molar-refractivity contribution in [3.8, 4) is 0 Å². The third-order valence-electron chi connectivity index (χ3n) is 3.33. The molecular weight excluding hydrogens is 241 g/mol. The van der Waals surface area contributed by atoms with E-state index in [1.54, 1.807) is 6.07 Å². The number of imidazole rings is 1. The summed E-state index contributed by atoms with van der Waals surface area (Å²) >= 11 is 0. The first-order valence-corrected chi connectivity index (χ1v) is 6.11. The first-order chi connectivity index (χ1) is 9.15. The average Bonchev–Trinajstić information content (AvgIpc) is 2.69. The monoisotopic (exact) mass is 255 g/mol. The number of nitrogen functional groups attached to an aromatic ring is 1. The molecule has 19 heavy (non-hydrogen) atoms. The van der Waals surface area contributed by atoms with Gasteiger partial charge in [0.2, 0.25) is 5.95 Å². The Labute approximate surface area is 110 Å². The molecule has 0 atom stereocenters. The van der Waals surface area contributed by atoms with Crippen LogP contribution in [-0.4, -0.2) is 9.55 Å². The molecule has 0 amide bonds. The van der Waals surface area contributed by atoms with Crippen LogP contribution in [0.1, 0.15) is 11.1 Å². The maximum atomic E-state index is 13.4. The summed E-state index contributed by atoms with van der Waals surface area (Å²) in [7, 11) is 0. The Morgan fingerprint density at radius 2 is 2.00 bits per heavy atom. The SMILES string of the molecule is Cc1ccccc1Cn1c(N)nc2ccc(F)cc21. The minimum atomic E-state index is -0.279. The lowest BCUT2D eigenvalue weighted by molar-refractivity contribution is 0.628. The van der Waals surface area contributed by atoms with Crippen LogP contribution < -0.4 is 5.73 Å². The number of fused-ring (bicyclic) bond motifs is 1. The minimum Gasteiger partial charge on any atom is -0.369 e. The summed E-state index contributed by atoms with van der Waals surface area (Å²) in [5.74, 6) is 0.127. The van der Waals surface area contributed by atoms with Crippen LogP contribution in [0.15, 0.2) is 42.5 Å². The van der Waals surface area contributed by atoms with Crippen LogP contribution >= 0.6 is 0 Å². The van der Waals surface area contributed by atoms with Crippen LogP contribution in [0.2, 0.25) is 0 Å². The van der Waals surface area contributed by atoms with Gasteiger partial charge in [0.15, 0.2) is 0 Å². The van der Waals surface area contributed by atoms with Gasteiger partial charge < -0.3 is 10.3 Å². The topological polar surface area (TPSA) is 43.8 Å². The molecule has 0 aliphatic rings. The Morgan fingerprint density at radius 3 is 2.79 bits per heavy atom. The van der Waals surface area contributed by atoms with Crippen LogP contribution in [0, 0.1) is 12.7 Å². The maximum absolute atomic E-state index is 13.4. The largest absolute Gasteiger partial charge is 0.369 e. The van der Waals surface area contributed by atoms with Gasteiger partial charge in [-0.25, -0.2) is 9.37 Å². The van der Waals surface area contributed by atoms with E-state index in [-0.39, 0.29) is 5.82 Å². The van der Waals surface area contributed by atoms with Gasteiger partial charge in [0, 0.05) is 0 Å². The Hall–Kier alpha value is -2.36. The highest BCUT2D eigenvalue weighted by Crippen LogP contribution is 2.21. The van der Waals surface area contributed by atoms with Crippen LogP contribution in [0.25, 0.3) is 11.0 Å². The summed E-state index contributed by atoms with van der Waals surface area (Å²) in [6.07, 6.45) is 0. The first kappa shape index (κ1) is 11.7. The van der Waals surface area contributed by atoms with Crippen LogP contribution in [0.4, 0.5) is 10.3 Å². The molecule has 1 aromatic heterocycles. The zero-order valence-corrected chi connectivity index (χ0v) is 10.6. The first-order valence-electron chi connectivity index (χ1n) is 6.11. The number of nitrogens with two attached hydrogens (primary N) is 1. The van der Waals surface area contributed by atoms with Gasteiger partial charge in [0.1, 0.15) is 5.82 Å². The third kappa shape index (κ3) is 2.05. The molecule has 0 aliphatic carbocycles. The van der Waals surface area contributed by atoms with Crippen molar-refractivity contribution in [2.24, 2.45) is 0 Å². The van der Waals surface area contributed by atoms with Gasteiger partial charge in [-0.2, -0.15) is 0 Å². The van der Waals surface area contributed by atoms with E-state index in [9.17, 15) is 4.39 Å². The number of hydrogen-bond acceptors (Lipinski definition) is 2. The lowest BCUT2D eigenvalue weighted by Crippen LogP contribution is -2.05. The molecule has 2 N–H and O–H groups in total. The Morgan fingerprint density at radius 1 is 1.21 bits per heavy atom. The molecule has 3 nitrogen and oxygen atoms in total. The molecule has 4 heteroatoms. The standard InChI is InChI=1S/C15H14FN3/c1-10-4-2-3-5-11(10)9-19-14-8-12(16)6-7-13(14)18-15(19)17/h2-8H,9H2,1H3,(H2,17,18). The fourth-order valence-electron chi connectivity index (χ4n) is 2.24. The molecule has 3 rings (SSSR count). The van der Waals surface area contributed by atoms with E-state index in [4.69, 9.17) is 5.73 Å². The zero-order chi connectivity index (χ0) is 13.4. The molecule has 0 unspecified atom stereocenters. The molecule has 96 valence electrons.